The predicted octanol–water partition coefficient (Wildman–Crippen LogP) is 3.05. The second-order valence-corrected chi connectivity index (χ2v) is 7.16. The third-order valence-corrected chi connectivity index (χ3v) is 5.41. The predicted molar refractivity (Wildman–Crippen MR) is 99.4 cm³/mol. The zero-order valence-electron chi connectivity index (χ0n) is 15.0. The highest BCUT2D eigenvalue weighted by atomic mass is 32.1. The lowest BCUT2D eigenvalue weighted by atomic mass is 9.97. The van der Waals surface area contributed by atoms with Crippen LogP contribution in [0.5, 0.6) is 0 Å². The fourth-order valence-corrected chi connectivity index (χ4v) is 3.75. The van der Waals surface area contributed by atoms with Gasteiger partial charge in [-0.25, -0.2) is 4.99 Å². The Balaban J connectivity index is 1.93. The lowest BCUT2D eigenvalue weighted by Crippen LogP contribution is -2.46. The number of thiophene rings is 1. The molecule has 24 heavy (non-hydrogen) atoms. The van der Waals surface area contributed by atoms with E-state index in [2.05, 4.69) is 36.2 Å². The van der Waals surface area contributed by atoms with Crippen molar-refractivity contribution < 1.29 is 9.53 Å². The molecule has 0 saturated carbocycles. The van der Waals surface area contributed by atoms with E-state index >= 15 is 0 Å². The van der Waals surface area contributed by atoms with Crippen molar-refractivity contribution >= 4 is 23.3 Å². The number of guanidine groups is 1. The summed E-state index contributed by atoms with van der Waals surface area (Å²) in [6.07, 6.45) is 2.75. The summed E-state index contributed by atoms with van der Waals surface area (Å²) in [5.41, 5.74) is 0. The fraction of sp³-hybridized carbons (Fsp3) is 0.667. The van der Waals surface area contributed by atoms with Crippen molar-refractivity contribution in [3.05, 3.63) is 21.9 Å². The molecule has 0 unspecified atom stereocenters. The van der Waals surface area contributed by atoms with Crippen LogP contribution in [-0.4, -0.2) is 43.1 Å². The maximum absolute atomic E-state index is 11.9. The maximum Gasteiger partial charge on any atom is 0.309 e. The van der Waals surface area contributed by atoms with Crippen LogP contribution in [0.2, 0.25) is 0 Å². The largest absolute Gasteiger partial charge is 0.466 e. The molecule has 0 atom stereocenters. The fourth-order valence-electron chi connectivity index (χ4n) is 2.86. The molecule has 2 heterocycles. The first-order valence-electron chi connectivity index (χ1n) is 8.95. The molecule has 0 bridgehead atoms. The van der Waals surface area contributed by atoms with Crippen molar-refractivity contribution in [2.45, 2.75) is 46.6 Å². The Morgan fingerprint density at radius 2 is 2.00 bits per heavy atom. The summed E-state index contributed by atoms with van der Waals surface area (Å²) in [4.78, 5) is 21.6. The van der Waals surface area contributed by atoms with Gasteiger partial charge < -0.3 is 15.0 Å². The van der Waals surface area contributed by atoms with Crippen LogP contribution in [0, 0.1) is 5.92 Å². The van der Waals surface area contributed by atoms with E-state index < -0.39 is 0 Å². The molecule has 0 amide bonds. The van der Waals surface area contributed by atoms with E-state index in [9.17, 15) is 4.79 Å². The second-order valence-electron chi connectivity index (χ2n) is 5.91. The smallest absolute Gasteiger partial charge is 0.309 e. The Kier molecular flexibility index (Phi) is 7.56. The zero-order valence-corrected chi connectivity index (χ0v) is 15.8. The highest BCUT2D eigenvalue weighted by molar-refractivity contribution is 7.11. The zero-order chi connectivity index (χ0) is 17.4. The molecule has 1 aromatic heterocycles. The van der Waals surface area contributed by atoms with E-state index in [1.54, 1.807) is 0 Å². The van der Waals surface area contributed by atoms with Crippen molar-refractivity contribution in [3.8, 4) is 0 Å². The van der Waals surface area contributed by atoms with Crippen molar-refractivity contribution in [2.75, 3.05) is 26.2 Å². The van der Waals surface area contributed by atoms with Crippen molar-refractivity contribution in [1.29, 1.82) is 0 Å². The number of esters is 1. The molecule has 1 aliphatic rings. The van der Waals surface area contributed by atoms with Crippen LogP contribution in [0.3, 0.4) is 0 Å². The van der Waals surface area contributed by atoms with Gasteiger partial charge in [0.25, 0.3) is 0 Å². The minimum absolute atomic E-state index is 0.0356. The van der Waals surface area contributed by atoms with Gasteiger partial charge in [0.1, 0.15) is 0 Å². The van der Waals surface area contributed by atoms with Crippen LogP contribution in [0.25, 0.3) is 0 Å². The van der Waals surface area contributed by atoms with Gasteiger partial charge >= 0.3 is 5.97 Å². The Morgan fingerprint density at radius 3 is 2.58 bits per heavy atom. The van der Waals surface area contributed by atoms with Crippen LogP contribution in [0.15, 0.2) is 17.1 Å². The van der Waals surface area contributed by atoms with Gasteiger partial charge in [0.2, 0.25) is 0 Å². The SMILES string of the molecule is CCNC(=NCc1ccc(CC)s1)N1CCC(C(=O)OCC)CC1. The highest BCUT2D eigenvalue weighted by Gasteiger charge is 2.27. The molecule has 0 aliphatic carbocycles. The van der Waals surface area contributed by atoms with Gasteiger partial charge in [-0.15, -0.1) is 11.3 Å². The first kappa shape index (κ1) is 18.8. The van der Waals surface area contributed by atoms with Gasteiger partial charge in [-0.3, -0.25) is 4.79 Å². The van der Waals surface area contributed by atoms with Crippen LogP contribution >= 0.6 is 11.3 Å². The summed E-state index contributed by atoms with van der Waals surface area (Å²) in [7, 11) is 0. The average molecular weight is 352 g/mol. The number of carbonyl (C=O) groups is 1. The summed E-state index contributed by atoms with van der Waals surface area (Å²) in [5, 5.41) is 3.38. The molecule has 0 aromatic carbocycles. The molecule has 1 aliphatic heterocycles. The monoisotopic (exact) mass is 351 g/mol. The van der Waals surface area contributed by atoms with Gasteiger partial charge in [-0.1, -0.05) is 6.92 Å². The molecule has 0 radical (unpaired) electrons. The van der Waals surface area contributed by atoms with Crippen molar-refractivity contribution in [2.24, 2.45) is 10.9 Å². The van der Waals surface area contributed by atoms with Gasteiger partial charge in [0.15, 0.2) is 5.96 Å². The number of rotatable bonds is 6. The van der Waals surface area contributed by atoms with E-state index in [4.69, 9.17) is 9.73 Å². The van der Waals surface area contributed by atoms with E-state index in [1.807, 2.05) is 18.3 Å². The first-order chi connectivity index (χ1) is 11.7. The Hall–Kier alpha value is -1.56. The van der Waals surface area contributed by atoms with Crippen LogP contribution in [0.1, 0.15) is 43.4 Å². The van der Waals surface area contributed by atoms with Gasteiger partial charge in [-0.2, -0.15) is 0 Å². The quantitative estimate of drug-likeness (QED) is 0.486. The molecule has 0 spiro atoms. The number of hydrogen-bond acceptors (Lipinski definition) is 4. The lowest BCUT2D eigenvalue weighted by Gasteiger charge is -2.33. The molecule has 1 fully saturated rings. The first-order valence-corrected chi connectivity index (χ1v) is 9.77. The summed E-state index contributed by atoms with van der Waals surface area (Å²) in [6.45, 7) is 9.84. The highest BCUT2D eigenvalue weighted by Crippen LogP contribution is 2.20. The van der Waals surface area contributed by atoms with Crippen molar-refractivity contribution in [3.63, 3.8) is 0 Å². The number of piperidine rings is 1. The summed E-state index contributed by atoms with van der Waals surface area (Å²) in [5.74, 6) is 0.935. The molecule has 6 heteroatoms. The molecule has 1 saturated heterocycles. The number of nitrogens with zero attached hydrogens (tertiary/aromatic N) is 2. The Labute approximate surface area is 149 Å². The van der Waals surface area contributed by atoms with Gasteiger partial charge in [-0.05, 0) is 45.2 Å². The van der Waals surface area contributed by atoms with Gasteiger partial charge in [0.05, 0.1) is 19.1 Å². The number of hydrogen-bond donors (Lipinski definition) is 1. The average Bonchev–Trinajstić information content (AvgIpc) is 3.07. The minimum Gasteiger partial charge on any atom is -0.466 e. The van der Waals surface area contributed by atoms with Gasteiger partial charge in [0, 0.05) is 29.4 Å². The van der Waals surface area contributed by atoms with E-state index in [0.717, 1.165) is 44.9 Å². The standard InChI is InChI=1S/C18H29N3O2S/c1-4-15-7-8-16(24-15)13-20-18(19-5-2)21-11-9-14(10-12-21)17(22)23-6-3/h7-8,14H,4-6,9-13H2,1-3H3,(H,19,20). The van der Waals surface area contributed by atoms with Crippen LogP contribution in [-0.2, 0) is 22.5 Å². The molecular formula is C18H29N3O2S. The number of likely N-dealkylation sites (tertiary alicyclic amines) is 1. The Morgan fingerprint density at radius 1 is 1.29 bits per heavy atom. The molecular weight excluding hydrogens is 322 g/mol. The van der Waals surface area contributed by atoms with Crippen molar-refractivity contribution in [1.82, 2.24) is 10.2 Å². The molecule has 5 nitrogen and oxygen atoms in total. The maximum atomic E-state index is 11.9. The minimum atomic E-state index is -0.0511. The van der Waals surface area contributed by atoms with Crippen LogP contribution < -0.4 is 5.32 Å². The van der Waals surface area contributed by atoms with E-state index in [-0.39, 0.29) is 11.9 Å². The lowest BCUT2D eigenvalue weighted by molar-refractivity contribution is -0.149. The molecule has 1 N–H and O–H groups in total. The number of aryl methyl sites for hydroxylation is 1. The second kappa shape index (κ2) is 9.67. The molecule has 2 rings (SSSR count). The molecule has 134 valence electrons. The van der Waals surface area contributed by atoms with E-state index in [1.165, 1.54) is 9.75 Å². The number of carbonyl (C=O) groups excluding carboxylic acids is 1. The Bertz CT molecular complexity index is 548. The summed E-state index contributed by atoms with van der Waals surface area (Å²) < 4.78 is 5.14. The third-order valence-electron chi connectivity index (χ3n) is 4.20. The third kappa shape index (κ3) is 5.23. The molecule has 1 aromatic rings. The number of ether oxygens (including phenoxy) is 1. The van der Waals surface area contributed by atoms with E-state index in [0.29, 0.717) is 13.2 Å². The summed E-state index contributed by atoms with van der Waals surface area (Å²) >= 11 is 1.83. The number of aliphatic imine (C=N–C) groups is 1. The normalized spacial score (nSPS) is 16.3. The van der Waals surface area contributed by atoms with Crippen LogP contribution in [0.4, 0.5) is 0 Å². The summed E-state index contributed by atoms with van der Waals surface area (Å²) in [6, 6.07) is 4.36. The number of nitrogens with one attached hydrogen (secondary N) is 1. The topological polar surface area (TPSA) is 53.9 Å².